The summed E-state index contributed by atoms with van der Waals surface area (Å²) in [4.78, 5) is 29.8. The Hall–Kier alpha value is -3.39. The van der Waals surface area contributed by atoms with Crippen molar-refractivity contribution in [3.8, 4) is 11.5 Å². The number of likely N-dealkylation sites (tertiary alicyclic amines) is 1. The maximum absolute atomic E-state index is 14.9. The van der Waals surface area contributed by atoms with Crippen LogP contribution >= 0.6 is 0 Å². The van der Waals surface area contributed by atoms with E-state index in [1.54, 1.807) is 36.4 Å². The largest absolute Gasteiger partial charge is 0.507 e. The molecule has 2 aromatic carbocycles. The van der Waals surface area contributed by atoms with Gasteiger partial charge in [0.05, 0.1) is 11.6 Å². The molecule has 180 valence electrons. The Labute approximate surface area is 198 Å². The number of benzene rings is 2. The van der Waals surface area contributed by atoms with Gasteiger partial charge in [0.1, 0.15) is 24.8 Å². The smallest absolute Gasteiger partial charge is 0.295 e. The van der Waals surface area contributed by atoms with E-state index in [1.165, 1.54) is 11.0 Å². The zero-order valence-electron chi connectivity index (χ0n) is 19.4. The van der Waals surface area contributed by atoms with Gasteiger partial charge in [0.25, 0.3) is 11.7 Å². The minimum Gasteiger partial charge on any atom is -0.507 e. The molecule has 8 heteroatoms. The first-order valence-corrected chi connectivity index (χ1v) is 11.6. The molecule has 1 fully saturated rings. The first kappa shape index (κ1) is 23.8. The average Bonchev–Trinajstić information content (AvgIpc) is 3.11. The van der Waals surface area contributed by atoms with Crippen LogP contribution in [0.3, 0.4) is 0 Å². The van der Waals surface area contributed by atoms with Crippen LogP contribution < -0.4 is 9.47 Å². The van der Waals surface area contributed by atoms with E-state index >= 15 is 0 Å². The van der Waals surface area contributed by atoms with Crippen LogP contribution in [0.2, 0.25) is 0 Å². The minimum absolute atomic E-state index is 0.130. The van der Waals surface area contributed by atoms with Crippen molar-refractivity contribution in [1.29, 1.82) is 0 Å². The summed E-state index contributed by atoms with van der Waals surface area (Å²) >= 11 is 0. The van der Waals surface area contributed by atoms with E-state index in [9.17, 15) is 19.1 Å². The molecule has 0 spiro atoms. The summed E-state index contributed by atoms with van der Waals surface area (Å²) in [5.74, 6) is -1.52. The standard InChI is InChI=1S/C26H29FN2O5/c1-3-28(4-2)12-7-13-29-23(18-8-5-6-9-19(18)27)22(25(31)26(29)32)24(30)17-10-11-20-21(16-17)34-15-14-33-20/h5-6,8-11,16,23,30H,3-4,7,12-15H2,1-2H3/b24-22+/t23-/m1/s1. The van der Waals surface area contributed by atoms with E-state index < -0.39 is 23.5 Å². The second kappa shape index (κ2) is 10.3. The minimum atomic E-state index is -1.02. The molecule has 7 nitrogen and oxygen atoms in total. The van der Waals surface area contributed by atoms with Crippen molar-refractivity contribution in [3.63, 3.8) is 0 Å². The van der Waals surface area contributed by atoms with Crippen LogP contribution in [-0.2, 0) is 9.59 Å². The number of ketones is 1. The molecule has 1 atom stereocenters. The van der Waals surface area contributed by atoms with E-state index in [4.69, 9.17) is 9.47 Å². The molecule has 1 saturated heterocycles. The van der Waals surface area contributed by atoms with Crippen LogP contribution in [0.25, 0.3) is 5.76 Å². The van der Waals surface area contributed by atoms with Gasteiger partial charge in [0.15, 0.2) is 11.5 Å². The maximum atomic E-state index is 14.9. The van der Waals surface area contributed by atoms with Crippen molar-refractivity contribution >= 4 is 17.4 Å². The van der Waals surface area contributed by atoms with Crippen molar-refractivity contribution in [2.45, 2.75) is 26.3 Å². The normalized spacial score (nSPS) is 19.2. The molecule has 2 aliphatic rings. The van der Waals surface area contributed by atoms with Gasteiger partial charge < -0.3 is 24.4 Å². The van der Waals surface area contributed by atoms with Gasteiger partial charge in [-0.2, -0.15) is 0 Å². The molecule has 2 heterocycles. The fraction of sp³-hybridized carbons (Fsp3) is 0.385. The zero-order valence-corrected chi connectivity index (χ0v) is 19.4. The van der Waals surface area contributed by atoms with Crippen LogP contribution in [0.4, 0.5) is 4.39 Å². The number of fused-ring (bicyclic) bond motifs is 1. The fourth-order valence-corrected chi connectivity index (χ4v) is 4.48. The van der Waals surface area contributed by atoms with Crippen LogP contribution in [0.1, 0.15) is 37.4 Å². The molecular weight excluding hydrogens is 439 g/mol. The lowest BCUT2D eigenvalue weighted by atomic mass is 9.94. The highest BCUT2D eigenvalue weighted by atomic mass is 19.1. The van der Waals surface area contributed by atoms with E-state index in [0.717, 1.165) is 19.6 Å². The molecule has 1 amide bonds. The Kier molecular flexibility index (Phi) is 7.17. The van der Waals surface area contributed by atoms with Gasteiger partial charge in [0.2, 0.25) is 0 Å². The van der Waals surface area contributed by atoms with Gasteiger partial charge in [0, 0.05) is 17.7 Å². The number of hydrogen-bond acceptors (Lipinski definition) is 6. The fourth-order valence-electron chi connectivity index (χ4n) is 4.48. The van der Waals surface area contributed by atoms with Crippen LogP contribution in [-0.4, -0.2) is 66.0 Å². The predicted molar refractivity (Wildman–Crippen MR) is 125 cm³/mol. The summed E-state index contributed by atoms with van der Waals surface area (Å²) in [5.41, 5.74) is 0.338. The van der Waals surface area contributed by atoms with E-state index in [-0.39, 0.29) is 23.4 Å². The Morgan fingerprint density at radius 2 is 1.79 bits per heavy atom. The quantitative estimate of drug-likeness (QED) is 0.361. The third kappa shape index (κ3) is 4.50. The Morgan fingerprint density at radius 1 is 1.09 bits per heavy atom. The van der Waals surface area contributed by atoms with Gasteiger partial charge in [-0.25, -0.2) is 4.39 Å². The van der Waals surface area contributed by atoms with E-state index in [1.807, 2.05) is 0 Å². The summed E-state index contributed by atoms with van der Waals surface area (Å²) < 4.78 is 26.0. The molecule has 0 aromatic heterocycles. The van der Waals surface area contributed by atoms with Crippen molar-refractivity contribution in [2.75, 3.05) is 39.4 Å². The van der Waals surface area contributed by atoms with Crippen molar-refractivity contribution in [1.82, 2.24) is 9.80 Å². The number of ether oxygens (including phenoxy) is 2. The van der Waals surface area contributed by atoms with Crippen LogP contribution in [0.15, 0.2) is 48.0 Å². The first-order chi connectivity index (χ1) is 16.5. The molecule has 2 aromatic rings. The monoisotopic (exact) mass is 468 g/mol. The van der Waals surface area contributed by atoms with Gasteiger partial charge in [-0.15, -0.1) is 0 Å². The number of hydrogen-bond donors (Lipinski definition) is 1. The number of aliphatic hydroxyl groups excluding tert-OH is 1. The summed E-state index contributed by atoms with van der Waals surface area (Å²) in [7, 11) is 0. The maximum Gasteiger partial charge on any atom is 0.295 e. The Bertz CT molecular complexity index is 1110. The third-order valence-corrected chi connectivity index (χ3v) is 6.32. The summed E-state index contributed by atoms with van der Waals surface area (Å²) in [6, 6.07) is 9.80. The number of halogens is 1. The second-order valence-corrected chi connectivity index (χ2v) is 8.25. The van der Waals surface area contributed by atoms with Crippen LogP contribution in [0, 0.1) is 5.82 Å². The number of nitrogens with zero attached hydrogens (tertiary/aromatic N) is 2. The summed E-state index contributed by atoms with van der Waals surface area (Å²) in [6.07, 6.45) is 0.615. The van der Waals surface area contributed by atoms with Gasteiger partial charge in [-0.3, -0.25) is 9.59 Å². The predicted octanol–water partition coefficient (Wildman–Crippen LogP) is 3.75. The van der Waals surface area contributed by atoms with Gasteiger partial charge in [-0.1, -0.05) is 32.0 Å². The first-order valence-electron chi connectivity index (χ1n) is 11.6. The van der Waals surface area contributed by atoms with E-state index in [0.29, 0.717) is 36.7 Å². The number of rotatable bonds is 8. The number of amides is 1. The molecule has 2 aliphatic heterocycles. The average molecular weight is 469 g/mol. The lowest BCUT2D eigenvalue weighted by Crippen LogP contribution is -2.33. The topological polar surface area (TPSA) is 79.3 Å². The highest BCUT2D eigenvalue weighted by molar-refractivity contribution is 6.46. The Balaban J connectivity index is 1.75. The molecule has 0 radical (unpaired) electrons. The van der Waals surface area contributed by atoms with Gasteiger partial charge >= 0.3 is 0 Å². The SMILES string of the molecule is CCN(CC)CCCN1C(=O)C(=O)/C(=C(/O)c2ccc3c(c2)OCCO3)[C@H]1c1ccccc1F. The van der Waals surface area contributed by atoms with Crippen molar-refractivity contribution in [3.05, 3.63) is 65.0 Å². The number of carbonyl (C=O) groups excluding carboxylic acids is 2. The molecule has 4 rings (SSSR count). The highest BCUT2D eigenvalue weighted by Crippen LogP contribution is 2.41. The zero-order chi connectivity index (χ0) is 24.2. The lowest BCUT2D eigenvalue weighted by molar-refractivity contribution is -0.140. The Morgan fingerprint density at radius 3 is 2.50 bits per heavy atom. The van der Waals surface area contributed by atoms with Crippen molar-refractivity contribution < 1.29 is 28.6 Å². The number of aliphatic hydroxyl groups is 1. The van der Waals surface area contributed by atoms with Crippen molar-refractivity contribution in [2.24, 2.45) is 0 Å². The summed E-state index contributed by atoms with van der Waals surface area (Å²) in [6.45, 7) is 7.64. The number of carbonyl (C=O) groups is 2. The molecule has 0 saturated carbocycles. The summed E-state index contributed by atoms with van der Waals surface area (Å²) in [5, 5.41) is 11.2. The molecular formula is C26H29FN2O5. The van der Waals surface area contributed by atoms with Crippen LogP contribution in [0.5, 0.6) is 11.5 Å². The molecule has 0 aliphatic carbocycles. The molecule has 0 bridgehead atoms. The second-order valence-electron chi connectivity index (χ2n) is 8.25. The molecule has 34 heavy (non-hydrogen) atoms. The molecule has 0 unspecified atom stereocenters. The molecule has 1 N–H and O–H groups in total. The van der Waals surface area contributed by atoms with Gasteiger partial charge in [-0.05, 0) is 50.3 Å². The lowest BCUT2D eigenvalue weighted by Gasteiger charge is -2.27. The highest BCUT2D eigenvalue weighted by Gasteiger charge is 2.46. The number of Topliss-reactive ketones (excluding diaryl/α,β-unsaturated/α-hetero) is 1. The third-order valence-electron chi connectivity index (χ3n) is 6.32. The van der Waals surface area contributed by atoms with E-state index in [2.05, 4.69) is 18.7 Å².